The third-order valence-electron chi connectivity index (χ3n) is 2.69. The van der Waals surface area contributed by atoms with E-state index in [1.165, 1.54) is 29.6 Å². The van der Waals surface area contributed by atoms with E-state index in [9.17, 15) is 0 Å². The monoisotopic (exact) mass is 162 g/mol. The number of hydrogen-bond acceptors (Lipinski definition) is 0. The summed E-state index contributed by atoms with van der Waals surface area (Å²) < 4.78 is 0. The lowest BCUT2D eigenvalue weighted by Gasteiger charge is -2.23. The summed E-state index contributed by atoms with van der Waals surface area (Å²) in [4.78, 5) is 0. The lowest BCUT2D eigenvalue weighted by molar-refractivity contribution is 0.557. The maximum absolute atomic E-state index is 3.85. The highest BCUT2D eigenvalue weighted by Crippen LogP contribution is 2.33. The zero-order valence-corrected chi connectivity index (χ0v) is 8.35. The average molecular weight is 162 g/mol. The Morgan fingerprint density at radius 3 is 2.58 bits per heavy atom. The maximum Gasteiger partial charge on any atom is -0.0247 e. The van der Waals surface area contributed by atoms with Crippen LogP contribution in [0.5, 0.6) is 0 Å². The molecule has 1 atom stereocenters. The van der Waals surface area contributed by atoms with Gasteiger partial charge in [-0.1, -0.05) is 25.7 Å². The number of hydrogen-bond donors (Lipinski definition) is 0. The van der Waals surface area contributed by atoms with Crippen molar-refractivity contribution in [2.24, 2.45) is 5.92 Å². The van der Waals surface area contributed by atoms with E-state index < -0.39 is 0 Å². The Labute approximate surface area is 75.7 Å². The van der Waals surface area contributed by atoms with Crippen molar-refractivity contribution in [1.82, 2.24) is 0 Å². The summed E-state index contributed by atoms with van der Waals surface area (Å²) in [5, 5.41) is 0. The van der Waals surface area contributed by atoms with E-state index >= 15 is 0 Å². The fraction of sp³-hybridized carbons (Fsp3) is 0.500. The Kier molecular flexibility index (Phi) is 2.91. The topological polar surface area (TPSA) is 0 Å². The van der Waals surface area contributed by atoms with Crippen LogP contribution in [-0.2, 0) is 0 Å². The Morgan fingerprint density at radius 2 is 2.08 bits per heavy atom. The van der Waals surface area contributed by atoms with Gasteiger partial charge in [0, 0.05) is 0 Å². The third kappa shape index (κ3) is 1.69. The molecule has 0 saturated carbocycles. The molecule has 0 N–H and O–H groups in total. The minimum atomic E-state index is 0.785. The second kappa shape index (κ2) is 3.75. The van der Waals surface area contributed by atoms with Crippen molar-refractivity contribution in [2.45, 2.75) is 33.6 Å². The normalized spacial score (nSPS) is 27.9. The minimum absolute atomic E-state index is 0.785. The first-order chi connectivity index (χ1) is 5.69. The van der Waals surface area contributed by atoms with Gasteiger partial charge in [0.15, 0.2) is 0 Å². The van der Waals surface area contributed by atoms with Gasteiger partial charge < -0.3 is 0 Å². The van der Waals surface area contributed by atoms with Crippen molar-refractivity contribution in [1.29, 1.82) is 0 Å². The van der Waals surface area contributed by atoms with Crippen LogP contribution in [0.15, 0.2) is 35.5 Å². The largest absolute Gasteiger partial charge is 0.0988 e. The van der Waals surface area contributed by atoms with Gasteiger partial charge in [0.25, 0.3) is 0 Å². The first-order valence-electron chi connectivity index (χ1n) is 4.66. The number of rotatable bonds is 1. The zero-order chi connectivity index (χ0) is 9.14. The molecule has 0 aliphatic heterocycles. The van der Waals surface area contributed by atoms with Crippen LogP contribution in [0.2, 0.25) is 0 Å². The van der Waals surface area contributed by atoms with Gasteiger partial charge in [-0.15, -0.1) is 0 Å². The molecule has 0 heteroatoms. The molecule has 0 radical (unpaired) electrons. The van der Waals surface area contributed by atoms with Crippen molar-refractivity contribution < 1.29 is 0 Å². The second-order valence-corrected chi connectivity index (χ2v) is 3.68. The highest BCUT2D eigenvalue weighted by atomic mass is 14.2. The summed E-state index contributed by atoms with van der Waals surface area (Å²) in [7, 11) is 0. The van der Waals surface area contributed by atoms with Crippen molar-refractivity contribution in [3.8, 4) is 0 Å². The van der Waals surface area contributed by atoms with Gasteiger partial charge in [-0.2, -0.15) is 0 Å². The van der Waals surface area contributed by atoms with Crippen LogP contribution in [0.4, 0.5) is 0 Å². The van der Waals surface area contributed by atoms with Crippen molar-refractivity contribution >= 4 is 0 Å². The molecule has 0 nitrogen and oxygen atoms in total. The Morgan fingerprint density at radius 1 is 1.42 bits per heavy atom. The van der Waals surface area contributed by atoms with Crippen molar-refractivity contribution in [3.05, 3.63) is 35.5 Å². The molecule has 12 heavy (non-hydrogen) atoms. The van der Waals surface area contributed by atoms with E-state index in [0.29, 0.717) is 0 Å². The van der Waals surface area contributed by atoms with Gasteiger partial charge in [-0.25, -0.2) is 0 Å². The molecule has 0 saturated heterocycles. The Bertz CT molecular complexity index is 241. The molecule has 0 aromatic rings. The quantitative estimate of drug-likeness (QED) is 0.549. The predicted molar refractivity (Wildman–Crippen MR) is 55.1 cm³/mol. The Balaban J connectivity index is 3.01. The molecule has 0 fully saturated rings. The van der Waals surface area contributed by atoms with E-state index in [2.05, 4.69) is 33.4 Å². The summed E-state index contributed by atoms with van der Waals surface area (Å²) >= 11 is 0. The lowest BCUT2D eigenvalue weighted by Crippen LogP contribution is -2.07. The van der Waals surface area contributed by atoms with Gasteiger partial charge in [0.05, 0.1) is 0 Å². The second-order valence-electron chi connectivity index (χ2n) is 3.68. The molecule has 0 spiro atoms. The SMILES string of the molecule is C=CC1=C(C)C(=CC)CC(C)C1. The first-order valence-corrected chi connectivity index (χ1v) is 4.66. The highest BCUT2D eigenvalue weighted by Gasteiger charge is 2.16. The first kappa shape index (κ1) is 9.31. The molecule has 0 aromatic carbocycles. The van der Waals surface area contributed by atoms with E-state index in [0.717, 1.165) is 5.92 Å². The van der Waals surface area contributed by atoms with E-state index in [-0.39, 0.29) is 0 Å². The summed E-state index contributed by atoms with van der Waals surface area (Å²) in [5.41, 5.74) is 4.39. The maximum atomic E-state index is 3.85. The van der Waals surface area contributed by atoms with Crippen LogP contribution in [0, 0.1) is 5.92 Å². The molecular weight excluding hydrogens is 144 g/mol. The molecule has 1 aliphatic rings. The van der Waals surface area contributed by atoms with Crippen LogP contribution in [0.3, 0.4) is 0 Å². The van der Waals surface area contributed by atoms with E-state index in [1.807, 2.05) is 6.08 Å². The molecule has 0 heterocycles. The summed E-state index contributed by atoms with van der Waals surface area (Å²) in [6.07, 6.45) is 6.68. The Hall–Kier alpha value is -0.780. The van der Waals surface area contributed by atoms with Crippen molar-refractivity contribution in [2.75, 3.05) is 0 Å². The van der Waals surface area contributed by atoms with Gasteiger partial charge in [-0.05, 0) is 49.3 Å². The standard InChI is InChI=1S/C12H18/c1-5-11-7-9(3)8-12(6-2)10(11)4/h5-6,9H,1,7-8H2,2-4H3. The highest BCUT2D eigenvalue weighted by molar-refractivity contribution is 5.40. The molecule has 66 valence electrons. The van der Waals surface area contributed by atoms with Crippen LogP contribution >= 0.6 is 0 Å². The molecule has 1 aliphatic carbocycles. The summed E-state index contributed by atoms with van der Waals surface area (Å²) in [5.74, 6) is 0.785. The minimum Gasteiger partial charge on any atom is -0.0988 e. The smallest absolute Gasteiger partial charge is 0.0247 e. The predicted octanol–water partition coefficient (Wildman–Crippen LogP) is 3.87. The molecule has 1 rings (SSSR count). The fourth-order valence-corrected chi connectivity index (χ4v) is 1.91. The van der Waals surface area contributed by atoms with Gasteiger partial charge >= 0.3 is 0 Å². The number of allylic oxidation sites excluding steroid dienone is 5. The average Bonchev–Trinajstić information content (AvgIpc) is 2.08. The van der Waals surface area contributed by atoms with Crippen LogP contribution < -0.4 is 0 Å². The van der Waals surface area contributed by atoms with E-state index in [4.69, 9.17) is 0 Å². The zero-order valence-electron chi connectivity index (χ0n) is 8.35. The molecule has 1 unspecified atom stereocenters. The van der Waals surface area contributed by atoms with Crippen LogP contribution in [0.25, 0.3) is 0 Å². The van der Waals surface area contributed by atoms with Crippen LogP contribution in [-0.4, -0.2) is 0 Å². The molecular formula is C12H18. The molecule has 0 aromatic heterocycles. The summed E-state index contributed by atoms with van der Waals surface area (Å²) in [6.45, 7) is 10.5. The van der Waals surface area contributed by atoms with Gasteiger partial charge in [0.1, 0.15) is 0 Å². The van der Waals surface area contributed by atoms with Gasteiger partial charge in [0.2, 0.25) is 0 Å². The van der Waals surface area contributed by atoms with Gasteiger partial charge in [-0.3, -0.25) is 0 Å². The molecule has 0 bridgehead atoms. The third-order valence-corrected chi connectivity index (χ3v) is 2.69. The molecule has 0 amide bonds. The fourth-order valence-electron chi connectivity index (χ4n) is 1.91. The van der Waals surface area contributed by atoms with Crippen LogP contribution in [0.1, 0.15) is 33.6 Å². The summed E-state index contributed by atoms with van der Waals surface area (Å²) in [6, 6.07) is 0. The van der Waals surface area contributed by atoms with E-state index in [1.54, 1.807) is 0 Å². The lowest BCUT2D eigenvalue weighted by atomic mass is 9.82. The van der Waals surface area contributed by atoms with Crippen molar-refractivity contribution in [3.63, 3.8) is 0 Å².